The largest absolute Gasteiger partial charge is 0.489 e. The normalized spacial score (nSPS) is 18.2. The lowest BCUT2D eigenvalue weighted by Gasteiger charge is -2.33. The third-order valence-electron chi connectivity index (χ3n) is 5.52. The second-order valence-corrected chi connectivity index (χ2v) is 8.04. The van der Waals surface area contributed by atoms with Gasteiger partial charge in [0.1, 0.15) is 23.7 Å². The average Bonchev–Trinajstić information content (AvgIpc) is 2.78. The molecule has 2 aromatic rings. The standard InChI is InChI=1S/C25H24ClNO5/c1-2-30-25(29)23-21(22-18(28)7-5-9-20(22)32-24(23)27)17-6-3-4-8-19(17)31-14-15-10-12-16(26)13-11-15/h3-4,6,8,10-13,21H,2,5,7,9,14,27H2,1H3. The van der Waals surface area contributed by atoms with Gasteiger partial charge in [-0.15, -0.1) is 0 Å². The van der Waals surface area contributed by atoms with Crippen molar-refractivity contribution in [2.75, 3.05) is 6.61 Å². The monoisotopic (exact) mass is 453 g/mol. The number of ketones is 1. The molecule has 0 radical (unpaired) electrons. The number of halogens is 1. The zero-order valence-electron chi connectivity index (χ0n) is 17.7. The summed E-state index contributed by atoms with van der Waals surface area (Å²) in [5.41, 5.74) is 8.36. The van der Waals surface area contributed by atoms with Crippen LogP contribution in [-0.2, 0) is 25.7 Å². The van der Waals surface area contributed by atoms with Gasteiger partial charge in [0.15, 0.2) is 5.78 Å². The predicted molar refractivity (Wildman–Crippen MR) is 120 cm³/mol. The van der Waals surface area contributed by atoms with E-state index in [4.69, 9.17) is 31.5 Å². The molecule has 0 saturated carbocycles. The number of esters is 1. The molecule has 1 heterocycles. The van der Waals surface area contributed by atoms with E-state index in [9.17, 15) is 9.59 Å². The van der Waals surface area contributed by atoms with E-state index < -0.39 is 11.9 Å². The van der Waals surface area contributed by atoms with Gasteiger partial charge < -0.3 is 19.9 Å². The van der Waals surface area contributed by atoms with Crippen LogP contribution in [0.5, 0.6) is 5.75 Å². The number of ether oxygens (including phenoxy) is 3. The van der Waals surface area contributed by atoms with Crippen LogP contribution in [0, 0.1) is 0 Å². The first-order chi connectivity index (χ1) is 15.5. The third kappa shape index (κ3) is 4.36. The Morgan fingerprint density at radius 2 is 1.91 bits per heavy atom. The first kappa shape index (κ1) is 22.0. The van der Waals surface area contributed by atoms with E-state index in [1.54, 1.807) is 19.1 Å². The number of Topliss-reactive ketones (excluding diaryl/α,β-unsaturated/α-hetero) is 1. The number of hydrogen-bond acceptors (Lipinski definition) is 6. The number of carbonyl (C=O) groups is 2. The van der Waals surface area contributed by atoms with E-state index in [-0.39, 0.29) is 23.8 Å². The van der Waals surface area contributed by atoms with Crippen molar-refractivity contribution in [2.24, 2.45) is 5.73 Å². The van der Waals surface area contributed by atoms with Gasteiger partial charge in [-0.05, 0) is 37.1 Å². The van der Waals surface area contributed by atoms with Gasteiger partial charge in [-0.2, -0.15) is 0 Å². The van der Waals surface area contributed by atoms with Crippen molar-refractivity contribution in [3.8, 4) is 5.75 Å². The summed E-state index contributed by atoms with van der Waals surface area (Å²) in [5.74, 6) is -0.342. The lowest BCUT2D eigenvalue weighted by Crippen LogP contribution is -2.31. The van der Waals surface area contributed by atoms with Gasteiger partial charge in [-0.3, -0.25) is 4.79 Å². The molecular weight excluding hydrogens is 430 g/mol. The fourth-order valence-corrected chi connectivity index (χ4v) is 4.19. The molecule has 0 aromatic heterocycles. The van der Waals surface area contributed by atoms with Crippen molar-refractivity contribution in [3.63, 3.8) is 0 Å². The molecule has 166 valence electrons. The molecule has 0 saturated heterocycles. The summed E-state index contributed by atoms with van der Waals surface area (Å²) in [6.45, 7) is 2.19. The highest BCUT2D eigenvalue weighted by Crippen LogP contribution is 2.46. The molecule has 7 heteroatoms. The van der Waals surface area contributed by atoms with Gasteiger partial charge in [0.25, 0.3) is 0 Å². The maximum atomic E-state index is 13.0. The zero-order valence-corrected chi connectivity index (χ0v) is 18.5. The van der Waals surface area contributed by atoms with Crippen molar-refractivity contribution in [1.82, 2.24) is 0 Å². The van der Waals surface area contributed by atoms with Gasteiger partial charge in [0.2, 0.25) is 5.88 Å². The first-order valence-corrected chi connectivity index (χ1v) is 10.9. The molecule has 4 rings (SSSR count). The number of allylic oxidation sites excluding steroid dienone is 2. The fraction of sp³-hybridized carbons (Fsp3) is 0.280. The summed E-state index contributed by atoms with van der Waals surface area (Å²) in [5, 5.41) is 0.645. The Bertz CT molecular complexity index is 1100. The molecule has 6 nitrogen and oxygen atoms in total. The number of benzene rings is 2. The molecule has 2 aliphatic rings. The van der Waals surface area contributed by atoms with Crippen LogP contribution >= 0.6 is 11.6 Å². The number of carbonyl (C=O) groups excluding carboxylic acids is 2. The highest BCUT2D eigenvalue weighted by atomic mass is 35.5. The number of hydrogen-bond donors (Lipinski definition) is 1. The van der Waals surface area contributed by atoms with Gasteiger partial charge in [0, 0.05) is 29.0 Å². The van der Waals surface area contributed by atoms with Crippen LogP contribution in [-0.4, -0.2) is 18.4 Å². The van der Waals surface area contributed by atoms with Crippen LogP contribution in [0.3, 0.4) is 0 Å². The molecule has 1 aliphatic heterocycles. The number of nitrogens with two attached hydrogens (primary N) is 1. The summed E-state index contributed by atoms with van der Waals surface area (Å²) >= 11 is 5.97. The van der Waals surface area contributed by atoms with Crippen LogP contribution in [0.2, 0.25) is 5.02 Å². The van der Waals surface area contributed by atoms with Gasteiger partial charge in [-0.25, -0.2) is 4.79 Å². The number of rotatable bonds is 6. The summed E-state index contributed by atoms with van der Waals surface area (Å²) in [4.78, 5) is 25.8. The first-order valence-electron chi connectivity index (χ1n) is 10.6. The molecule has 2 N–H and O–H groups in total. The van der Waals surface area contributed by atoms with Crippen molar-refractivity contribution in [3.05, 3.63) is 87.5 Å². The molecule has 1 unspecified atom stereocenters. The summed E-state index contributed by atoms with van der Waals surface area (Å²) in [6, 6.07) is 14.7. The average molecular weight is 454 g/mol. The van der Waals surface area contributed by atoms with Crippen molar-refractivity contribution >= 4 is 23.4 Å². The second kappa shape index (κ2) is 9.49. The van der Waals surface area contributed by atoms with Gasteiger partial charge in [0.05, 0.1) is 12.5 Å². The molecule has 0 fully saturated rings. The van der Waals surface area contributed by atoms with Gasteiger partial charge in [-0.1, -0.05) is 41.9 Å². The Morgan fingerprint density at radius 1 is 1.16 bits per heavy atom. The van der Waals surface area contributed by atoms with Crippen LogP contribution in [0.4, 0.5) is 0 Å². The van der Waals surface area contributed by atoms with Crippen LogP contribution in [0.25, 0.3) is 0 Å². The lowest BCUT2D eigenvalue weighted by atomic mass is 9.77. The smallest absolute Gasteiger partial charge is 0.340 e. The van der Waals surface area contributed by atoms with Crippen LogP contribution < -0.4 is 10.5 Å². The molecule has 32 heavy (non-hydrogen) atoms. The highest BCUT2D eigenvalue weighted by molar-refractivity contribution is 6.30. The van der Waals surface area contributed by atoms with Crippen LogP contribution in [0.15, 0.2) is 71.3 Å². The van der Waals surface area contributed by atoms with E-state index in [0.29, 0.717) is 53.5 Å². The minimum atomic E-state index is -0.716. The second-order valence-electron chi connectivity index (χ2n) is 7.60. The Balaban J connectivity index is 1.76. The Kier molecular flexibility index (Phi) is 6.51. The van der Waals surface area contributed by atoms with Crippen molar-refractivity contribution < 1.29 is 23.8 Å². The van der Waals surface area contributed by atoms with E-state index >= 15 is 0 Å². The molecule has 0 spiro atoms. The Labute approximate surface area is 191 Å². The molecule has 0 bridgehead atoms. The Morgan fingerprint density at radius 3 is 2.66 bits per heavy atom. The maximum absolute atomic E-state index is 13.0. The quantitative estimate of drug-likeness (QED) is 0.633. The van der Waals surface area contributed by atoms with E-state index in [2.05, 4.69) is 0 Å². The van der Waals surface area contributed by atoms with Crippen LogP contribution in [0.1, 0.15) is 43.2 Å². The molecular formula is C25H24ClNO5. The third-order valence-corrected chi connectivity index (χ3v) is 5.77. The summed E-state index contributed by atoms with van der Waals surface area (Å²) in [6.07, 6.45) is 1.66. The highest BCUT2D eigenvalue weighted by Gasteiger charge is 2.42. The zero-order chi connectivity index (χ0) is 22.7. The lowest BCUT2D eigenvalue weighted by molar-refractivity contribution is -0.139. The minimum absolute atomic E-state index is 0.0330. The van der Waals surface area contributed by atoms with E-state index in [1.807, 2.05) is 36.4 Å². The molecule has 1 atom stereocenters. The van der Waals surface area contributed by atoms with E-state index in [1.165, 1.54) is 0 Å². The predicted octanol–water partition coefficient (Wildman–Crippen LogP) is 4.77. The molecule has 2 aromatic carbocycles. The molecule has 1 aliphatic carbocycles. The fourth-order valence-electron chi connectivity index (χ4n) is 4.07. The SMILES string of the molecule is CCOC(=O)C1=C(N)OC2=C(C(=O)CCC2)C1c1ccccc1OCc1ccc(Cl)cc1. The Hall–Kier alpha value is -3.25. The minimum Gasteiger partial charge on any atom is -0.489 e. The number of para-hydroxylation sites is 1. The molecule has 0 amide bonds. The summed E-state index contributed by atoms with van der Waals surface area (Å²) < 4.78 is 17.1. The topological polar surface area (TPSA) is 87.9 Å². The van der Waals surface area contributed by atoms with Gasteiger partial charge >= 0.3 is 5.97 Å². The van der Waals surface area contributed by atoms with E-state index in [0.717, 1.165) is 5.56 Å². The maximum Gasteiger partial charge on any atom is 0.340 e. The van der Waals surface area contributed by atoms with Crippen molar-refractivity contribution in [2.45, 2.75) is 38.7 Å². The summed E-state index contributed by atoms with van der Waals surface area (Å²) in [7, 11) is 0. The van der Waals surface area contributed by atoms with Crippen molar-refractivity contribution in [1.29, 1.82) is 0 Å².